The molecule has 0 aliphatic carbocycles. The molecule has 2 rings (SSSR count). The first kappa shape index (κ1) is 25.0. The molecule has 0 saturated heterocycles. The minimum atomic E-state index is -0.447. The van der Waals surface area contributed by atoms with E-state index in [1.807, 2.05) is 0 Å². The smallest absolute Gasteiger partial charge is 0.269 e. The van der Waals surface area contributed by atoms with E-state index >= 15 is 0 Å². The van der Waals surface area contributed by atoms with Crippen LogP contribution in [0.25, 0.3) is 0 Å². The third-order valence-electron chi connectivity index (χ3n) is 4.56. The number of ether oxygens (including phenoxy) is 2. The highest BCUT2D eigenvalue weighted by Crippen LogP contribution is 2.20. The molecule has 0 unspecified atom stereocenters. The number of unbranched alkanes of at least 4 members (excludes halogenated alkanes) is 1. The van der Waals surface area contributed by atoms with Crippen molar-refractivity contribution in [3.05, 3.63) is 68.8 Å². The highest BCUT2D eigenvalue weighted by molar-refractivity contribution is 5.53. The van der Waals surface area contributed by atoms with E-state index in [0.717, 1.165) is 32.5 Å². The van der Waals surface area contributed by atoms with Crippen molar-refractivity contribution in [2.24, 2.45) is 0 Å². The summed E-state index contributed by atoms with van der Waals surface area (Å²) < 4.78 is 11.2. The van der Waals surface area contributed by atoms with E-state index in [4.69, 9.17) is 9.47 Å². The number of nitro benzene ring substituents is 2. The Morgan fingerprint density at radius 3 is 1.59 bits per heavy atom. The van der Waals surface area contributed by atoms with Crippen molar-refractivity contribution in [2.45, 2.75) is 38.8 Å². The van der Waals surface area contributed by atoms with Crippen LogP contribution in [0.15, 0.2) is 48.5 Å². The van der Waals surface area contributed by atoms with Gasteiger partial charge in [-0.25, -0.2) is 0 Å². The van der Waals surface area contributed by atoms with Crippen LogP contribution in [0.4, 0.5) is 22.7 Å². The third kappa shape index (κ3) is 9.27. The molecule has 32 heavy (non-hydrogen) atoms. The van der Waals surface area contributed by atoms with Crippen LogP contribution >= 0.6 is 0 Å². The van der Waals surface area contributed by atoms with E-state index in [9.17, 15) is 20.2 Å². The lowest BCUT2D eigenvalue weighted by Crippen LogP contribution is -2.30. The van der Waals surface area contributed by atoms with Gasteiger partial charge in [0.2, 0.25) is 0 Å². The van der Waals surface area contributed by atoms with Gasteiger partial charge in [0.1, 0.15) is 0 Å². The molecule has 0 aromatic heterocycles. The molecule has 2 aromatic carbocycles. The van der Waals surface area contributed by atoms with Crippen LogP contribution in [0.1, 0.15) is 32.6 Å². The molecule has 0 bridgehead atoms. The van der Waals surface area contributed by atoms with Crippen LogP contribution in [0.5, 0.6) is 0 Å². The lowest BCUT2D eigenvalue weighted by molar-refractivity contribution is -0.385. The van der Waals surface area contributed by atoms with Gasteiger partial charge in [-0.05, 0) is 43.5 Å². The second-order valence-corrected chi connectivity index (χ2v) is 7.17. The van der Waals surface area contributed by atoms with E-state index in [1.165, 1.54) is 24.3 Å². The van der Waals surface area contributed by atoms with E-state index in [0.29, 0.717) is 31.0 Å². The summed E-state index contributed by atoms with van der Waals surface area (Å²) >= 11 is 0. The van der Waals surface area contributed by atoms with Crippen LogP contribution in [0.3, 0.4) is 0 Å². The molecule has 0 aliphatic heterocycles. The fraction of sp³-hybridized carbons (Fsp3) is 0.455. The van der Waals surface area contributed by atoms with Crippen molar-refractivity contribution in [1.82, 2.24) is 0 Å². The van der Waals surface area contributed by atoms with Gasteiger partial charge in [0.05, 0.1) is 22.6 Å². The highest BCUT2D eigenvalue weighted by atomic mass is 16.6. The summed E-state index contributed by atoms with van der Waals surface area (Å²) in [5.41, 5.74) is 1.45. The maximum atomic E-state index is 10.9. The lowest BCUT2D eigenvalue weighted by atomic mass is 10.2. The Hall–Kier alpha value is -3.24. The minimum absolute atomic E-state index is 0.0154. The molecule has 0 aliphatic rings. The van der Waals surface area contributed by atoms with Gasteiger partial charge in [-0.2, -0.15) is 0 Å². The molecular formula is C22H30N4O6. The predicted molar refractivity (Wildman–Crippen MR) is 123 cm³/mol. The number of anilines is 2. The molecule has 2 aromatic rings. The maximum Gasteiger partial charge on any atom is 0.269 e. The molecule has 0 amide bonds. The second-order valence-electron chi connectivity index (χ2n) is 7.17. The van der Waals surface area contributed by atoms with Gasteiger partial charge in [-0.15, -0.1) is 0 Å². The maximum absolute atomic E-state index is 10.9. The van der Waals surface area contributed by atoms with Gasteiger partial charge in [-0.3, -0.25) is 20.2 Å². The first-order valence-corrected chi connectivity index (χ1v) is 10.7. The van der Waals surface area contributed by atoms with Crippen LogP contribution < -0.4 is 10.6 Å². The van der Waals surface area contributed by atoms with E-state index in [2.05, 4.69) is 17.6 Å². The Bertz CT molecular complexity index is 770. The zero-order valence-electron chi connectivity index (χ0n) is 18.2. The summed E-state index contributed by atoms with van der Waals surface area (Å²) in [5, 5.41) is 28.3. The van der Waals surface area contributed by atoms with Gasteiger partial charge >= 0.3 is 0 Å². The van der Waals surface area contributed by atoms with Crippen molar-refractivity contribution in [2.75, 3.05) is 37.1 Å². The summed E-state index contributed by atoms with van der Waals surface area (Å²) in [6.45, 7) is 4.74. The Balaban J connectivity index is 1.88. The largest absolute Gasteiger partial charge is 0.381 e. The number of non-ortho nitro benzene ring substituents is 2. The molecule has 0 atom stereocenters. The number of hydrogen-bond donors (Lipinski definition) is 2. The lowest BCUT2D eigenvalue weighted by Gasteiger charge is -2.22. The zero-order chi connectivity index (χ0) is 23.2. The molecule has 174 valence electrons. The summed E-state index contributed by atoms with van der Waals surface area (Å²) in [7, 11) is 0. The summed E-state index contributed by atoms with van der Waals surface area (Å²) in [4.78, 5) is 20.8. The molecule has 0 spiro atoms. The van der Waals surface area contributed by atoms with Gasteiger partial charge in [0, 0.05) is 61.9 Å². The molecule has 0 radical (unpaired) electrons. The fourth-order valence-electron chi connectivity index (χ4n) is 2.90. The van der Waals surface area contributed by atoms with Gasteiger partial charge in [-0.1, -0.05) is 6.92 Å². The summed E-state index contributed by atoms with van der Waals surface area (Å²) in [6.07, 6.45) is 3.25. The Labute approximate surface area is 187 Å². The number of nitro groups is 2. The minimum Gasteiger partial charge on any atom is -0.381 e. The van der Waals surface area contributed by atoms with Crippen molar-refractivity contribution in [3.63, 3.8) is 0 Å². The number of nitrogens with one attached hydrogen (secondary N) is 2. The van der Waals surface area contributed by atoms with Crippen molar-refractivity contribution in [1.29, 1.82) is 0 Å². The van der Waals surface area contributed by atoms with Crippen molar-refractivity contribution < 1.29 is 19.3 Å². The van der Waals surface area contributed by atoms with E-state index < -0.39 is 9.85 Å². The second kappa shape index (κ2) is 13.9. The quantitative estimate of drug-likeness (QED) is 0.160. The number of benzene rings is 2. The monoisotopic (exact) mass is 446 g/mol. The van der Waals surface area contributed by atoms with Gasteiger partial charge in [0.15, 0.2) is 0 Å². The molecule has 0 fully saturated rings. The van der Waals surface area contributed by atoms with Crippen molar-refractivity contribution >= 4 is 22.7 Å². The third-order valence-corrected chi connectivity index (χ3v) is 4.56. The van der Waals surface area contributed by atoms with Crippen LogP contribution in [0.2, 0.25) is 0 Å². The van der Waals surface area contributed by atoms with Crippen LogP contribution in [0, 0.1) is 20.2 Å². The predicted octanol–water partition coefficient (Wildman–Crippen LogP) is 4.97. The van der Waals surface area contributed by atoms with Crippen LogP contribution in [-0.2, 0) is 9.47 Å². The Morgan fingerprint density at radius 1 is 0.750 bits per heavy atom. The van der Waals surface area contributed by atoms with E-state index in [1.54, 1.807) is 24.3 Å². The van der Waals surface area contributed by atoms with Gasteiger partial charge < -0.3 is 20.1 Å². The molecule has 10 nitrogen and oxygen atoms in total. The zero-order valence-corrected chi connectivity index (χ0v) is 18.2. The first-order chi connectivity index (χ1) is 15.5. The normalized spacial score (nSPS) is 10.8. The molecule has 2 N–H and O–H groups in total. The number of rotatable bonds is 16. The Kier molecular flexibility index (Phi) is 10.9. The molecule has 0 saturated carbocycles. The molecular weight excluding hydrogens is 416 g/mol. The average Bonchev–Trinajstić information content (AvgIpc) is 2.78. The Morgan fingerprint density at radius 2 is 1.19 bits per heavy atom. The SMILES string of the molecule is CCCOCCCCOCCC(Nc1ccc([N+](=O)[O-])cc1)Nc1ccc([N+](=O)[O-])cc1. The molecule has 0 heterocycles. The highest BCUT2D eigenvalue weighted by Gasteiger charge is 2.12. The first-order valence-electron chi connectivity index (χ1n) is 10.7. The van der Waals surface area contributed by atoms with Crippen LogP contribution in [-0.4, -0.2) is 42.4 Å². The molecule has 10 heteroatoms. The number of hydrogen-bond acceptors (Lipinski definition) is 8. The fourth-order valence-corrected chi connectivity index (χ4v) is 2.90. The topological polar surface area (TPSA) is 129 Å². The van der Waals surface area contributed by atoms with Gasteiger partial charge in [0.25, 0.3) is 11.4 Å². The average molecular weight is 447 g/mol. The standard InChI is InChI=1S/C22H30N4O6/c1-2-14-31-15-3-4-16-32-17-13-22(23-18-5-9-20(10-6-18)25(27)28)24-19-7-11-21(12-8-19)26(29)30/h5-12,22-24H,2-4,13-17H2,1H3. The summed E-state index contributed by atoms with van der Waals surface area (Å²) in [5.74, 6) is 0. The van der Waals surface area contributed by atoms with E-state index in [-0.39, 0.29) is 17.5 Å². The number of nitrogens with zero attached hydrogens (tertiary/aromatic N) is 2. The summed E-state index contributed by atoms with van der Waals surface area (Å²) in [6, 6.07) is 12.3. The van der Waals surface area contributed by atoms with Crippen molar-refractivity contribution in [3.8, 4) is 0 Å².